The Morgan fingerprint density at radius 1 is 1.24 bits per heavy atom. The Morgan fingerprint density at radius 3 is 2.61 bits per heavy atom. The molecule has 0 aliphatic heterocycles. The third kappa shape index (κ3) is 6.11. The van der Waals surface area contributed by atoms with Crippen LogP contribution in [0.15, 0.2) is 48.0 Å². The van der Waals surface area contributed by atoms with Crippen LogP contribution in [0.3, 0.4) is 0 Å². The summed E-state index contributed by atoms with van der Waals surface area (Å²) in [6.07, 6.45) is 2.13. The van der Waals surface area contributed by atoms with Gasteiger partial charge in [0.15, 0.2) is 11.5 Å². The quantitative estimate of drug-likeness (QED) is 0.215. The molecule has 0 fully saturated rings. The van der Waals surface area contributed by atoms with Crippen molar-refractivity contribution in [2.45, 2.75) is 20.0 Å². The van der Waals surface area contributed by atoms with E-state index in [0.717, 1.165) is 10.6 Å². The van der Waals surface area contributed by atoms with Gasteiger partial charge in [0.05, 0.1) is 12.0 Å². The molecule has 0 aliphatic rings. The van der Waals surface area contributed by atoms with Crippen LogP contribution >= 0.6 is 11.3 Å². The van der Waals surface area contributed by atoms with Crippen LogP contribution in [0.2, 0.25) is 0 Å². The summed E-state index contributed by atoms with van der Waals surface area (Å²) in [4.78, 5) is 22.7. The summed E-state index contributed by atoms with van der Waals surface area (Å²) in [5.74, 6) is 0.255. The highest BCUT2D eigenvalue weighted by molar-refractivity contribution is 7.15. The van der Waals surface area contributed by atoms with Gasteiger partial charge in [0.2, 0.25) is 5.13 Å². The van der Waals surface area contributed by atoms with Crippen molar-refractivity contribution in [3.63, 3.8) is 0 Å². The molecule has 1 amide bonds. The van der Waals surface area contributed by atoms with Gasteiger partial charge in [-0.25, -0.2) is 0 Å². The lowest BCUT2D eigenvalue weighted by atomic mass is 10.1. The molecule has 0 spiro atoms. The lowest BCUT2D eigenvalue weighted by Gasteiger charge is -2.11. The number of aryl methyl sites for hydroxylation is 1. The number of nitro benzene ring substituents is 1. The van der Waals surface area contributed by atoms with Gasteiger partial charge >= 0.3 is 0 Å². The van der Waals surface area contributed by atoms with Crippen LogP contribution in [0.5, 0.6) is 11.5 Å². The van der Waals surface area contributed by atoms with Gasteiger partial charge < -0.3 is 9.47 Å². The summed E-state index contributed by atoms with van der Waals surface area (Å²) >= 11 is 1.25. The van der Waals surface area contributed by atoms with Crippen molar-refractivity contribution in [1.29, 1.82) is 5.26 Å². The van der Waals surface area contributed by atoms with Crippen LogP contribution in [0.25, 0.3) is 6.08 Å². The third-order valence-electron chi connectivity index (χ3n) is 4.40. The van der Waals surface area contributed by atoms with Crippen LogP contribution in [-0.2, 0) is 17.8 Å². The minimum Gasteiger partial charge on any atom is -0.493 e. The molecule has 1 heterocycles. The molecule has 0 saturated heterocycles. The number of amides is 1. The number of ether oxygens (including phenoxy) is 2. The summed E-state index contributed by atoms with van der Waals surface area (Å²) < 4.78 is 11.1. The second-order valence-corrected chi connectivity index (χ2v) is 7.66. The predicted molar refractivity (Wildman–Crippen MR) is 122 cm³/mol. The second-order valence-electron chi connectivity index (χ2n) is 6.60. The summed E-state index contributed by atoms with van der Waals surface area (Å²) in [5, 5.41) is 31.7. The van der Waals surface area contributed by atoms with Gasteiger partial charge in [-0.05, 0) is 47.9 Å². The first-order valence-electron chi connectivity index (χ1n) is 9.73. The molecule has 168 valence electrons. The van der Waals surface area contributed by atoms with Gasteiger partial charge in [-0.1, -0.05) is 24.3 Å². The van der Waals surface area contributed by atoms with E-state index in [9.17, 15) is 20.2 Å². The van der Waals surface area contributed by atoms with E-state index >= 15 is 0 Å². The zero-order valence-electron chi connectivity index (χ0n) is 17.8. The fraction of sp³-hybridized carbons (Fsp3) is 0.182. The topological polar surface area (TPSA) is 140 Å². The van der Waals surface area contributed by atoms with Crippen LogP contribution in [0.1, 0.15) is 23.1 Å². The Kier molecular flexibility index (Phi) is 7.67. The van der Waals surface area contributed by atoms with Gasteiger partial charge in [-0.2, -0.15) is 5.26 Å². The number of benzene rings is 2. The number of carbonyl (C=O) groups excluding carboxylic acids is 1. The molecule has 0 atom stereocenters. The minimum atomic E-state index is -0.589. The van der Waals surface area contributed by atoms with Crippen molar-refractivity contribution in [3.05, 3.63) is 74.3 Å². The first-order chi connectivity index (χ1) is 15.9. The van der Waals surface area contributed by atoms with Gasteiger partial charge in [-0.15, -0.1) is 10.2 Å². The summed E-state index contributed by atoms with van der Waals surface area (Å²) in [5.41, 5.74) is 1.21. The number of rotatable bonds is 9. The molecular formula is C22H19N5O5S. The van der Waals surface area contributed by atoms with Crippen molar-refractivity contribution < 1.29 is 19.2 Å². The largest absolute Gasteiger partial charge is 0.493 e. The summed E-state index contributed by atoms with van der Waals surface area (Å²) in [7, 11) is 1.47. The highest BCUT2D eigenvalue weighted by Gasteiger charge is 2.14. The lowest BCUT2D eigenvalue weighted by molar-refractivity contribution is -0.384. The Morgan fingerprint density at radius 2 is 2.00 bits per heavy atom. The van der Waals surface area contributed by atoms with E-state index in [1.54, 1.807) is 30.3 Å². The number of nitrogens with one attached hydrogen (secondary N) is 1. The standard InChI is InChI=1S/C22H19N5O5S/c1-3-20-25-26-22(33-20)24-21(28)16(12-23)10-15-6-9-18(19(11-15)31-2)32-13-14-4-7-17(8-5-14)27(29)30/h4-11H,3,13H2,1-2H3,(H,24,26,28)/b16-10+. The van der Waals surface area contributed by atoms with Crippen LogP contribution < -0.4 is 14.8 Å². The van der Waals surface area contributed by atoms with E-state index in [1.807, 2.05) is 13.0 Å². The Hall–Kier alpha value is -4.30. The van der Waals surface area contributed by atoms with Crippen molar-refractivity contribution in [2.75, 3.05) is 12.4 Å². The molecule has 0 saturated carbocycles. The highest BCUT2D eigenvalue weighted by atomic mass is 32.1. The maximum absolute atomic E-state index is 12.4. The molecule has 1 N–H and O–H groups in total. The van der Waals surface area contributed by atoms with Crippen LogP contribution in [-0.4, -0.2) is 28.1 Å². The van der Waals surface area contributed by atoms with Crippen LogP contribution in [0, 0.1) is 21.4 Å². The Bertz CT molecular complexity index is 1230. The number of non-ortho nitro benzene ring substituents is 1. The van der Waals surface area contributed by atoms with E-state index in [-0.39, 0.29) is 17.9 Å². The fourth-order valence-electron chi connectivity index (χ4n) is 2.69. The molecule has 2 aromatic carbocycles. The fourth-order valence-corrected chi connectivity index (χ4v) is 3.37. The molecule has 33 heavy (non-hydrogen) atoms. The van der Waals surface area contributed by atoms with Crippen LogP contribution in [0.4, 0.5) is 10.8 Å². The Labute approximate surface area is 193 Å². The molecule has 3 rings (SSSR count). The van der Waals surface area contributed by atoms with E-state index < -0.39 is 10.8 Å². The van der Waals surface area contributed by atoms with Gasteiger partial charge in [0, 0.05) is 12.1 Å². The number of aromatic nitrogens is 2. The average molecular weight is 465 g/mol. The molecule has 0 radical (unpaired) electrons. The number of hydrogen-bond acceptors (Lipinski definition) is 9. The number of nitriles is 1. The lowest BCUT2D eigenvalue weighted by Crippen LogP contribution is -2.13. The average Bonchev–Trinajstić information content (AvgIpc) is 3.29. The molecule has 10 nitrogen and oxygen atoms in total. The highest BCUT2D eigenvalue weighted by Crippen LogP contribution is 2.30. The molecule has 0 bridgehead atoms. The van der Waals surface area contributed by atoms with E-state index in [0.29, 0.717) is 28.6 Å². The normalized spacial score (nSPS) is 10.9. The van der Waals surface area contributed by atoms with Crippen molar-refractivity contribution >= 4 is 34.1 Å². The zero-order chi connectivity index (χ0) is 23.8. The molecule has 1 aromatic heterocycles. The van der Waals surface area contributed by atoms with Gasteiger partial charge in [0.25, 0.3) is 11.6 Å². The SMILES string of the molecule is CCc1nnc(NC(=O)/C(C#N)=C/c2ccc(OCc3ccc([N+](=O)[O-])cc3)c(OC)c2)s1. The number of carbonyl (C=O) groups is 1. The predicted octanol–water partition coefficient (Wildman–Crippen LogP) is 4.14. The van der Waals surface area contributed by atoms with E-state index in [1.165, 1.54) is 36.7 Å². The first kappa shape index (κ1) is 23.4. The molecule has 0 unspecified atom stereocenters. The number of hydrogen-bond donors (Lipinski definition) is 1. The van der Waals surface area contributed by atoms with Crippen molar-refractivity contribution in [2.24, 2.45) is 0 Å². The molecule has 0 aliphatic carbocycles. The van der Waals surface area contributed by atoms with E-state index in [4.69, 9.17) is 9.47 Å². The minimum absolute atomic E-state index is 0.00160. The number of nitro groups is 1. The van der Waals surface area contributed by atoms with Crippen molar-refractivity contribution in [1.82, 2.24) is 10.2 Å². The van der Waals surface area contributed by atoms with E-state index in [2.05, 4.69) is 15.5 Å². The smallest absolute Gasteiger partial charge is 0.269 e. The second kappa shape index (κ2) is 10.8. The third-order valence-corrected chi connectivity index (χ3v) is 5.38. The number of anilines is 1. The van der Waals surface area contributed by atoms with Crippen molar-refractivity contribution in [3.8, 4) is 17.6 Å². The maximum atomic E-state index is 12.4. The number of methoxy groups -OCH3 is 1. The first-order valence-corrected chi connectivity index (χ1v) is 10.5. The zero-order valence-corrected chi connectivity index (χ0v) is 18.6. The summed E-state index contributed by atoms with van der Waals surface area (Å²) in [6.45, 7) is 2.11. The summed E-state index contributed by atoms with van der Waals surface area (Å²) in [6, 6.07) is 12.9. The Balaban J connectivity index is 1.71. The maximum Gasteiger partial charge on any atom is 0.269 e. The van der Waals surface area contributed by atoms with Gasteiger partial charge in [0.1, 0.15) is 23.3 Å². The molecule has 3 aromatic rings. The monoisotopic (exact) mass is 465 g/mol. The van der Waals surface area contributed by atoms with Gasteiger partial charge in [-0.3, -0.25) is 20.2 Å². The molecular weight excluding hydrogens is 446 g/mol. The molecule has 11 heteroatoms. The number of nitrogens with zero attached hydrogens (tertiary/aromatic N) is 4.